The number of benzene rings is 1. The van der Waals surface area contributed by atoms with Crippen molar-refractivity contribution in [3.05, 3.63) is 84.0 Å². The van der Waals surface area contributed by atoms with E-state index < -0.39 is 0 Å². The minimum absolute atomic E-state index is 0.112. The SMILES string of the molecule is O=C(CSc1nnc(-c2ccncc2)n1-c1ccc(Cl)cc1)N/N=C/C=C/c1ccco1. The van der Waals surface area contributed by atoms with Crippen molar-refractivity contribution in [2.45, 2.75) is 5.16 Å². The number of hydrogen-bond donors (Lipinski definition) is 1. The molecule has 0 saturated heterocycles. The van der Waals surface area contributed by atoms with Gasteiger partial charge in [0.1, 0.15) is 5.76 Å². The Morgan fingerprint density at radius 2 is 1.97 bits per heavy atom. The number of carbonyl (C=O) groups is 1. The summed E-state index contributed by atoms with van der Waals surface area (Å²) in [5.41, 5.74) is 4.17. The highest BCUT2D eigenvalue weighted by Gasteiger charge is 2.17. The first-order valence-corrected chi connectivity index (χ1v) is 10.8. The Morgan fingerprint density at radius 3 is 2.72 bits per heavy atom. The second-order valence-corrected chi connectivity index (χ2v) is 7.71. The van der Waals surface area contributed by atoms with Crippen LogP contribution in [0.25, 0.3) is 23.2 Å². The number of thioether (sulfide) groups is 1. The highest BCUT2D eigenvalue weighted by atomic mass is 35.5. The summed E-state index contributed by atoms with van der Waals surface area (Å²) >= 11 is 7.30. The van der Waals surface area contributed by atoms with E-state index in [-0.39, 0.29) is 11.7 Å². The molecule has 8 nitrogen and oxygen atoms in total. The molecule has 0 atom stereocenters. The fourth-order valence-corrected chi connectivity index (χ4v) is 3.58. The Bertz CT molecular complexity index is 1220. The van der Waals surface area contributed by atoms with Crippen molar-refractivity contribution in [1.82, 2.24) is 25.2 Å². The highest BCUT2D eigenvalue weighted by Crippen LogP contribution is 2.28. The molecule has 160 valence electrons. The lowest BCUT2D eigenvalue weighted by molar-refractivity contribution is -0.118. The predicted octanol–water partition coefficient (Wildman–Crippen LogP) is 4.48. The monoisotopic (exact) mass is 464 g/mol. The van der Waals surface area contributed by atoms with Crippen LogP contribution in [0.3, 0.4) is 0 Å². The van der Waals surface area contributed by atoms with E-state index in [9.17, 15) is 4.79 Å². The van der Waals surface area contributed by atoms with Crippen LogP contribution in [0.5, 0.6) is 0 Å². The van der Waals surface area contributed by atoms with Crippen LogP contribution in [0.15, 0.2) is 87.9 Å². The van der Waals surface area contributed by atoms with Crippen LogP contribution in [0.2, 0.25) is 5.02 Å². The van der Waals surface area contributed by atoms with Crippen LogP contribution in [-0.2, 0) is 4.79 Å². The smallest absolute Gasteiger partial charge is 0.250 e. The summed E-state index contributed by atoms with van der Waals surface area (Å²) in [6.07, 6.45) is 9.84. The third-order valence-corrected chi connectivity index (χ3v) is 5.32. The maximum atomic E-state index is 12.2. The molecule has 10 heteroatoms. The van der Waals surface area contributed by atoms with E-state index in [1.165, 1.54) is 18.0 Å². The van der Waals surface area contributed by atoms with Crippen molar-refractivity contribution in [1.29, 1.82) is 0 Å². The van der Waals surface area contributed by atoms with E-state index >= 15 is 0 Å². The molecule has 0 fully saturated rings. The first kappa shape index (κ1) is 21.5. The second kappa shape index (κ2) is 10.6. The Hall–Kier alpha value is -3.69. The molecule has 0 aliphatic rings. The van der Waals surface area contributed by atoms with Crippen molar-refractivity contribution >= 4 is 41.6 Å². The molecule has 0 radical (unpaired) electrons. The van der Waals surface area contributed by atoms with Gasteiger partial charge in [0.25, 0.3) is 5.91 Å². The second-order valence-electron chi connectivity index (χ2n) is 6.33. The van der Waals surface area contributed by atoms with Gasteiger partial charge in [-0.1, -0.05) is 23.4 Å². The van der Waals surface area contributed by atoms with Gasteiger partial charge >= 0.3 is 0 Å². The Balaban J connectivity index is 1.45. The predicted molar refractivity (Wildman–Crippen MR) is 125 cm³/mol. The average Bonchev–Trinajstić information content (AvgIpc) is 3.49. The number of allylic oxidation sites excluding steroid dienone is 1. The number of pyridine rings is 1. The maximum Gasteiger partial charge on any atom is 0.250 e. The molecule has 0 bridgehead atoms. The molecule has 0 spiro atoms. The van der Waals surface area contributed by atoms with Gasteiger partial charge in [-0.25, -0.2) is 5.43 Å². The fraction of sp³-hybridized carbons (Fsp3) is 0.0455. The highest BCUT2D eigenvalue weighted by molar-refractivity contribution is 7.99. The Morgan fingerprint density at radius 1 is 1.16 bits per heavy atom. The molecular weight excluding hydrogens is 448 g/mol. The molecule has 1 amide bonds. The fourth-order valence-electron chi connectivity index (χ4n) is 2.71. The molecule has 0 saturated carbocycles. The van der Waals surface area contributed by atoms with Crippen LogP contribution in [0.1, 0.15) is 5.76 Å². The number of hydrogen-bond acceptors (Lipinski definition) is 7. The van der Waals surface area contributed by atoms with E-state index in [2.05, 4.69) is 25.7 Å². The van der Waals surface area contributed by atoms with Gasteiger partial charge in [-0.2, -0.15) is 5.10 Å². The summed E-state index contributed by atoms with van der Waals surface area (Å²) < 4.78 is 7.05. The van der Waals surface area contributed by atoms with Gasteiger partial charge < -0.3 is 4.42 Å². The molecule has 4 aromatic rings. The van der Waals surface area contributed by atoms with Gasteiger partial charge in [0.05, 0.1) is 12.0 Å². The number of halogens is 1. The van der Waals surface area contributed by atoms with Gasteiger partial charge in [-0.05, 0) is 60.7 Å². The Kier molecular flexibility index (Phi) is 7.11. The molecule has 1 N–H and O–H groups in total. The van der Waals surface area contributed by atoms with Crippen molar-refractivity contribution in [2.75, 3.05) is 5.75 Å². The van der Waals surface area contributed by atoms with E-state index in [4.69, 9.17) is 16.0 Å². The summed E-state index contributed by atoms with van der Waals surface area (Å²) in [6.45, 7) is 0. The van der Waals surface area contributed by atoms with Crippen molar-refractivity contribution < 1.29 is 9.21 Å². The number of carbonyl (C=O) groups excluding carboxylic acids is 1. The molecule has 0 aliphatic carbocycles. The van der Waals surface area contributed by atoms with Crippen LogP contribution in [0, 0.1) is 0 Å². The quantitative estimate of drug-likeness (QED) is 0.234. The lowest BCUT2D eigenvalue weighted by Gasteiger charge is -2.10. The number of rotatable bonds is 8. The standard InChI is InChI=1S/C22H17ClN6O2S/c23-17-5-7-18(8-6-17)29-21(16-9-12-24-13-10-16)27-28-22(29)32-15-20(30)26-25-11-1-3-19-4-2-14-31-19/h1-14H,15H2,(H,26,30)/b3-1+,25-11+. The van der Waals surface area contributed by atoms with Gasteiger partial charge in [-0.15, -0.1) is 10.2 Å². The molecule has 1 aromatic carbocycles. The number of hydrazone groups is 1. The lowest BCUT2D eigenvalue weighted by atomic mass is 10.2. The first-order valence-electron chi connectivity index (χ1n) is 9.47. The number of nitrogens with one attached hydrogen (secondary N) is 1. The molecule has 0 unspecified atom stereocenters. The zero-order valence-electron chi connectivity index (χ0n) is 16.6. The molecule has 3 heterocycles. The van der Waals surface area contributed by atoms with Crippen molar-refractivity contribution in [3.63, 3.8) is 0 Å². The molecule has 0 aliphatic heterocycles. The minimum atomic E-state index is -0.270. The van der Waals surface area contributed by atoms with E-state index in [1.807, 2.05) is 34.9 Å². The number of nitrogens with zero attached hydrogens (tertiary/aromatic N) is 5. The van der Waals surface area contributed by atoms with Gasteiger partial charge in [0.15, 0.2) is 11.0 Å². The number of furan rings is 1. The molecule has 4 rings (SSSR count). The number of aromatic nitrogens is 4. The maximum absolute atomic E-state index is 12.2. The lowest BCUT2D eigenvalue weighted by Crippen LogP contribution is -2.19. The zero-order valence-corrected chi connectivity index (χ0v) is 18.2. The summed E-state index contributed by atoms with van der Waals surface area (Å²) in [4.78, 5) is 16.3. The topological polar surface area (TPSA) is 98.2 Å². The van der Waals surface area contributed by atoms with Crippen LogP contribution >= 0.6 is 23.4 Å². The Labute approximate surface area is 193 Å². The summed E-state index contributed by atoms with van der Waals surface area (Å²) in [5, 5.41) is 13.7. The summed E-state index contributed by atoms with van der Waals surface area (Å²) in [5.74, 6) is 1.18. The first-order chi connectivity index (χ1) is 15.7. The van der Waals surface area contributed by atoms with Gasteiger partial charge in [-0.3, -0.25) is 14.3 Å². The zero-order chi connectivity index (χ0) is 22.2. The van der Waals surface area contributed by atoms with Gasteiger partial charge in [0, 0.05) is 34.9 Å². The molecule has 32 heavy (non-hydrogen) atoms. The van der Waals surface area contributed by atoms with Crippen molar-refractivity contribution in [2.24, 2.45) is 5.10 Å². The normalized spacial score (nSPS) is 11.4. The van der Waals surface area contributed by atoms with Crippen molar-refractivity contribution in [3.8, 4) is 17.1 Å². The van der Waals surface area contributed by atoms with E-state index in [0.717, 1.165) is 11.3 Å². The van der Waals surface area contributed by atoms with Crippen LogP contribution < -0.4 is 5.43 Å². The number of amides is 1. The van der Waals surface area contributed by atoms with Crippen LogP contribution in [-0.4, -0.2) is 37.6 Å². The van der Waals surface area contributed by atoms with E-state index in [0.29, 0.717) is 21.8 Å². The van der Waals surface area contributed by atoms with Gasteiger partial charge in [0.2, 0.25) is 0 Å². The summed E-state index contributed by atoms with van der Waals surface area (Å²) in [7, 11) is 0. The molecule has 3 aromatic heterocycles. The largest absolute Gasteiger partial charge is 0.465 e. The van der Waals surface area contributed by atoms with Crippen LogP contribution in [0.4, 0.5) is 0 Å². The molecular formula is C22H17ClN6O2S. The third-order valence-electron chi connectivity index (χ3n) is 4.14. The summed E-state index contributed by atoms with van der Waals surface area (Å²) in [6, 6.07) is 14.6. The minimum Gasteiger partial charge on any atom is -0.465 e. The average molecular weight is 465 g/mol. The van der Waals surface area contributed by atoms with E-state index in [1.54, 1.807) is 49.0 Å². The third kappa shape index (κ3) is 5.51.